The monoisotopic (exact) mass is 376 g/mol. The molecule has 0 unspecified atom stereocenters. The molecule has 0 heterocycles. The van der Waals surface area contributed by atoms with Gasteiger partial charge in [0.05, 0.1) is 12.2 Å². The normalized spacial score (nSPS) is 17.3. The van der Waals surface area contributed by atoms with Crippen LogP contribution in [0.3, 0.4) is 0 Å². The standard InChI is InChI=1S/C26H32O2/c1-8-28-24(27)20-11-9-19(10-12-20)13-17(2)21-15-23-22(14-18(21)3)25(4,5)16-26(23,6)7/h9-15H,8,16H2,1-7H3/b17-13+. The van der Waals surface area contributed by atoms with Crippen LogP contribution in [0.15, 0.2) is 36.4 Å². The van der Waals surface area contributed by atoms with Crippen molar-refractivity contribution in [3.05, 3.63) is 69.8 Å². The summed E-state index contributed by atoms with van der Waals surface area (Å²) in [5, 5.41) is 0. The molecule has 28 heavy (non-hydrogen) atoms. The molecule has 0 saturated heterocycles. The molecule has 0 aliphatic heterocycles. The SMILES string of the molecule is CCOC(=O)c1ccc(/C=C(\C)c2cc3c(cc2C)C(C)(C)CC3(C)C)cc1. The number of rotatable bonds is 4. The lowest BCUT2D eigenvalue weighted by atomic mass is 9.82. The molecule has 2 heteroatoms. The van der Waals surface area contributed by atoms with E-state index in [0.29, 0.717) is 12.2 Å². The predicted molar refractivity (Wildman–Crippen MR) is 118 cm³/mol. The van der Waals surface area contributed by atoms with Gasteiger partial charge in [-0.05, 0) is 83.5 Å². The van der Waals surface area contributed by atoms with Gasteiger partial charge in [-0.3, -0.25) is 0 Å². The Kier molecular flexibility index (Phi) is 5.27. The fraction of sp³-hybridized carbons (Fsp3) is 0.423. The Labute approximate surface area is 169 Å². The number of aryl methyl sites for hydroxylation is 1. The number of ether oxygens (including phenoxy) is 1. The average molecular weight is 377 g/mol. The van der Waals surface area contributed by atoms with E-state index in [9.17, 15) is 4.79 Å². The number of esters is 1. The minimum absolute atomic E-state index is 0.197. The zero-order chi connectivity index (χ0) is 20.7. The molecule has 0 N–H and O–H groups in total. The Balaban J connectivity index is 1.95. The highest BCUT2D eigenvalue weighted by molar-refractivity contribution is 5.90. The molecule has 148 valence electrons. The van der Waals surface area contributed by atoms with Crippen molar-refractivity contribution in [1.29, 1.82) is 0 Å². The smallest absolute Gasteiger partial charge is 0.338 e. The van der Waals surface area contributed by atoms with Crippen LogP contribution in [0.5, 0.6) is 0 Å². The Bertz CT molecular complexity index is 928. The third kappa shape index (κ3) is 3.78. The van der Waals surface area contributed by atoms with Crippen molar-refractivity contribution in [2.45, 2.75) is 65.7 Å². The number of carbonyl (C=O) groups excluding carboxylic acids is 1. The van der Waals surface area contributed by atoms with Crippen molar-refractivity contribution in [3.8, 4) is 0 Å². The summed E-state index contributed by atoms with van der Waals surface area (Å²) in [6, 6.07) is 12.4. The van der Waals surface area contributed by atoms with Crippen LogP contribution in [-0.2, 0) is 15.6 Å². The summed E-state index contributed by atoms with van der Waals surface area (Å²) < 4.78 is 5.06. The molecule has 2 aromatic carbocycles. The molecule has 2 nitrogen and oxygen atoms in total. The van der Waals surface area contributed by atoms with E-state index in [1.54, 1.807) is 0 Å². The number of hydrogen-bond donors (Lipinski definition) is 0. The second-order valence-corrected chi connectivity index (χ2v) is 9.33. The fourth-order valence-corrected chi connectivity index (χ4v) is 4.81. The molecule has 3 rings (SSSR count). The van der Waals surface area contributed by atoms with Crippen molar-refractivity contribution < 1.29 is 9.53 Å². The summed E-state index contributed by atoms with van der Waals surface area (Å²) in [5.74, 6) is -0.269. The van der Waals surface area contributed by atoms with Gasteiger partial charge in [-0.1, -0.05) is 58.0 Å². The minimum Gasteiger partial charge on any atom is -0.462 e. The highest BCUT2D eigenvalue weighted by Gasteiger charge is 2.42. The van der Waals surface area contributed by atoms with Crippen molar-refractivity contribution in [2.75, 3.05) is 6.61 Å². The first-order valence-electron chi connectivity index (χ1n) is 10.2. The highest BCUT2D eigenvalue weighted by Crippen LogP contribution is 2.50. The maximum atomic E-state index is 11.8. The lowest BCUT2D eigenvalue weighted by Gasteiger charge is -2.22. The topological polar surface area (TPSA) is 26.3 Å². The molecular formula is C26H32O2. The first kappa shape index (κ1) is 20.4. The number of benzene rings is 2. The molecule has 0 radical (unpaired) electrons. The molecule has 0 bridgehead atoms. The van der Waals surface area contributed by atoms with Crippen LogP contribution in [0.4, 0.5) is 0 Å². The largest absolute Gasteiger partial charge is 0.462 e. The highest BCUT2D eigenvalue weighted by atomic mass is 16.5. The summed E-state index contributed by atoms with van der Waals surface area (Å²) in [4.78, 5) is 11.8. The molecule has 0 saturated carbocycles. The van der Waals surface area contributed by atoms with Gasteiger partial charge in [0.1, 0.15) is 0 Å². The van der Waals surface area contributed by atoms with Crippen molar-refractivity contribution in [3.63, 3.8) is 0 Å². The van der Waals surface area contributed by atoms with Crippen LogP contribution in [0.25, 0.3) is 11.6 Å². The van der Waals surface area contributed by atoms with Crippen LogP contribution < -0.4 is 0 Å². The summed E-state index contributed by atoms with van der Waals surface area (Å²) >= 11 is 0. The molecule has 1 aliphatic rings. The first-order chi connectivity index (χ1) is 13.0. The number of carbonyl (C=O) groups is 1. The van der Waals surface area contributed by atoms with Crippen molar-refractivity contribution in [2.24, 2.45) is 0 Å². The molecule has 0 atom stereocenters. The van der Waals surface area contributed by atoms with Gasteiger partial charge in [0.15, 0.2) is 0 Å². The predicted octanol–water partition coefficient (Wildman–Crippen LogP) is 6.69. The lowest BCUT2D eigenvalue weighted by Crippen LogP contribution is -2.17. The molecule has 0 spiro atoms. The zero-order valence-corrected chi connectivity index (χ0v) is 18.3. The average Bonchev–Trinajstić information content (AvgIpc) is 2.78. The van der Waals surface area contributed by atoms with Crippen LogP contribution in [0.1, 0.15) is 86.1 Å². The van der Waals surface area contributed by atoms with E-state index in [1.807, 2.05) is 31.2 Å². The summed E-state index contributed by atoms with van der Waals surface area (Å²) in [5.41, 5.74) is 8.93. The van der Waals surface area contributed by atoms with Crippen LogP contribution in [0.2, 0.25) is 0 Å². The van der Waals surface area contributed by atoms with Crippen LogP contribution >= 0.6 is 0 Å². The maximum Gasteiger partial charge on any atom is 0.338 e. The fourth-order valence-electron chi connectivity index (χ4n) is 4.81. The zero-order valence-electron chi connectivity index (χ0n) is 18.3. The number of allylic oxidation sites excluding steroid dienone is 1. The van der Waals surface area contributed by atoms with E-state index in [4.69, 9.17) is 4.74 Å². The minimum atomic E-state index is -0.269. The van der Waals surface area contributed by atoms with Gasteiger partial charge in [-0.15, -0.1) is 0 Å². The number of hydrogen-bond acceptors (Lipinski definition) is 2. The Morgan fingerprint density at radius 3 is 2.18 bits per heavy atom. The van der Waals surface area contributed by atoms with Gasteiger partial charge in [-0.2, -0.15) is 0 Å². The van der Waals surface area contributed by atoms with Gasteiger partial charge >= 0.3 is 5.97 Å². The van der Waals surface area contributed by atoms with Crippen molar-refractivity contribution >= 4 is 17.6 Å². The molecule has 1 aliphatic carbocycles. The Morgan fingerprint density at radius 1 is 1.04 bits per heavy atom. The van der Waals surface area contributed by atoms with Gasteiger partial charge in [0, 0.05) is 0 Å². The van der Waals surface area contributed by atoms with E-state index in [0.717, 1.165) is 5.56 Å². The van der Waals surface area contributed by atoms with Crippen LogP contribution in [0, 0.1) is 6.92 Å². The van der Waals surface area contributed by atoms with E-state index in [2.05, 4.69) is 59.8 Å². The number of fused-ring (bicyclic) bond motifs is 1. The molecule has 0 aromatic heterocycles. The van der Waals surface area contributed by atoms with Gasteiger partial charge in [0.25, 0.3) is 0 Å². The van der Waals surface area contributed by atoms with E-state index in [-0.39, 0.29) is 16.8 Å². The maximum absolute atomic E-state index is 11.8. The summed E-state index contributed by atoms with van der Waals surface area (Å²) in [6.45, 7) is 16.0. The van der Waals surface area contributed by atoms with Crippen LogP contribution in [-0.4, -0.2) is 12.6 Å². The third-order valence-electron chi connectivity index (χ3n) is 5.94. The van der Waals surface area contributed by atoms with E-state index in [1.165, 1.54) is 34.2 Å². The van der Waals surface area contributed by atoms with Gasteiger partial charge in [-0.25, -0.2) is 4.79 Å². The summed E-state index contributed by atoms with van der Waals surface area (Å²) in [6.07, 6.45) is 3.37. The van der Waals surface area contributed by atoms with Gasteiger partial charge < -0.3 is 4.74 Å². The molecule has 2 aromatic rings. The first-order valence-corrected chi connectivity index (χ1v) is 10.2. The molecule has 0 amide bonds. The quantitative estimate of drug-likeness (QED) is 0.439. The van der Waals surface area contributed by atoms with Crippen molar-refractivity contribution in [1.82, 2.24) is 0 Å². The summed E-state index contributed by atoms with van der Waals surface area (Å²) in [7, 11) is 0. The lowest BCUT2D eigenvalue weighted by molar-refractivity contribution is 0.0526. The van der Waals surface area contributed by atoms with Gasteiger partial charge in [0.2, 0.25) is 0 Å². The second-order valence-electron chi connectivity index (χ2n) is 9.33. The molecule has 0 fully saturated rings. The third-order valence-corrected chi connectivity index (χ3v) is 5.94. The molecular weight excluding hydrogens is 344 g/mol. The second kappa shape index (κ2) is 7.24. The Hall–Kier alpha value is -2.35. The van der Waals surface area contributed by atoms with E-state index >= 15 is 0 Å². The Morgan fingerprint density at radius 2 is 1.61 bits per heavy atom. The van der Waals surface area contributed by atoms with E-state index < -0.39 is 0 Å².